The fraction of sp³-hybridized carbons (Fsp3) is 0.538. The van der Waals surface area contributed by atoms with E-state index in [0.29, 0.717) is 18.4 Å². The van der Waals surface area contributed by atoms with Crippen LogP contribution in [-0.4, -0.2) is 80.3 Å². The van der Waals surface area contributed by atoms with E-state index in [2.05, 4.69) is 43.9 Å². The molecule has 0 radical (unpaired) electrons. The van der Waals surface area contributed by atoms with E-state index in [0.717, 1.165) is 64.4 Å². The zero-order chi connectivity index (χ0) is 23.0. The highest BCUT2D eigenvalue weighted by atomic mass is 16.5. The van der Waals surface area contributed by atoms with Crippen LogP contribution in [0.5, 0.6) is 5.75 Å². The van der Waals surface area contributed by atoms with Crippen LogP contribution in [0, 0.1) is 5.92 Å². The number of carbonyl (C=O) groups excluding carboxylic acids is 1. The Labute approximate surface area is 197 Å². The number of piperazine rings is 1. The molecule has 0 N–H and O–H groups in total. The molecule has 2 atom stereocenters. The molecule has 0 aliphatic carbocycles. The van der Waals surface area contributed by atoms with E-state index in [1.807, 2.05) is 24.5 Å². The second-order valence-corrected chi connectivity index (χ2v) is 9.02. The van der Waals surface area contributed by atoms with Crippen LogP contribution in [0.3, 0.4) is 0 Å². The highest BCUT2D eigenvalue weighted by Gasteiger charge is 2.35. The maximum absolute atomic E-state index is 11.9. The van der Waals surface area contributed by atoms with E-state index in [4.69, 9.17) is 9.47 Å². The van der Waals surface area contributed by atoms with Crippen LogP contribution in [0.2, 0.25) is 0 Å². The van der Waals surface area contributed by atoms with Crippen molar-refractivity contribution >= 4 is 11.7 Å². The number of ether oxygens (including phenoxy) is 2. The second kappa shape index (κ2) is 11.5. The summed E-state index contributed by atoms with van der Waals surface area (Å²) in [6.45, 7) is 7.06. The lowest BCUT2D eigenvalue weighted by Gasteiger charge is -2.47. The lowest BCUT2D eigenvalue weighted by atomic mass is 9.86. The van der Waals surface area contributed by atoms with Crippen molar-refractivity contribution in [3.05, 3.63) is 54.4 Å². The molecule has 0 bridgehead atoms. The number of aromatic nitrogens is 1. The number of benzene rings is 1. The highest BCUT2D eigenvalue weighted by Crippen LogP contribution is 2.31. The summed E-state index contributed by atoms with van der Waals surface area (Å²) in [4.78, 5) is 23.6. The summed E-state index contributed by atoms with van der Waals surface area (Å²) in [5, 5.41) is 0. The Morgan fingerprint density at radius 1 is 1.03 bits per heavy atom. The van der Waals surface area contributed by atoms with E-state index >= 15 is 0 Å². The van der Waals surface area contributed by atoms with Crippen LogP contribution in [-0.2, 0) is 16.1 Å². The lowest BCUT2D eigenvalue weighted by Crippen LogP contribution is -2.56. The number of rotatable bonds is 8. The minimum Gasteiger partial charge on any atom is -0.495 e. The first-order chi connectivity index (χ1) is 16.2. The maximum Gasteiger partial charge on any atom is 0.305 e. The molecule has 1 aromatic carbocycles. The molecule has 2 aliphatic rings. The number of hydrogen-bond donors (Lipinski definition) is 0. The number of anilines is 1. The van der Waals surface area contributed by atoms with Crippen LogP contribution in [0.4, 0.5) is 5.69 Å². The predicted octanol–water partition coefficient (Wildman–Crippen LogP) is 3.06. The van der Waals surface area contributed by atoms with Gasteiger partial charge in [-0.25, -0.2) is 0 Å². The first-order valence-electron chi connectivity index (χ1n) is 12.0. The lowest BCUT2D eigenvalue weighted by molar-refractivity contribution is -0.141. The molecule has 3 heterocycles. The van der Waals surface area contributed by atoms with Crippen LogP contribution < -0.4 is 9.64 Å². The van der Waals surface area contributed by atoms with E-state index in [-0.39, 0.29) is 5.97 Å². The van der Waals surface area contributed by atoms with Crippen LogP contribution >= 0.6 is 0 Å². The molecule has 0 spiro atoms. The summed E-state index contributed by atoms with van der Waals surface area (Å²) >= 11 is 0. The molecule has 0 unspecified atom stereocenters. The van der Waals surface area contributed by atoms with Gasteiger partial charge in [0.1, 0.15) is 5.75 Å². The van der Waals surface area contributed by atoms with Crippen molar-refractivity contribution in [1.82, 2.24) is 14.8 Å². The SMILES string of the molecule is COC(=O)CC[C@H]1CN(Cc2ccncc2)CC[C@H]1N1CCN(c2ccccc2OC)CC1. The van der Waals surface area contributed by atoms with Gasteiger partial charge in [0, 0.05) is 64.1 Å². The molecule has 2 fully saturated rings. The van der Waals surface area contributed by atoms with Crippen molar-refractivity contribution in [1.29, 1.82) is 0 Å². The Kier molecular flexibility index (Phi) is 8.18. The van der Waals surface area contributed by atoms with Gasteiger partial charge in [-0.3, -0.25) is 19.6 Å². The molecule has 2 aromatic rings. The number of methoxy groups -OCH3 is 2. The van der Waals surface area contributed by atoms with Gasteiger partial charge in [-0.2, -0.15) is 0 Å². The van der Waals surface area contributed by atoms with Crippen molar-refractivity contribution in [3.8, 4) is 5.75 Å². The van der Waals surface area contributed by atoms with E-state index in [9.17, 15) is 4.79 Å². The van der Waals surface area contributed by atoms with Crippen molar-refractivity contribution < 1.29 is 14.3 Å². The van der Waals surface area contributed by atoms with Gasteiger partial charge in [-0.05, 0) is 55.1 Å². The summed E-state index contributed by atoms with van der Waals surface area (Å²) in [5.74, 6) is 1.28. The van der Waals surface area contributed by atoms with E-state index in [1.165, 1.54) is 18.4 Å². The fourth-order valence-corrected chi connectivity index (χ4v) is 5.34. The normalized spacial score (nSPS) is 22.2. The summed E-state index contributed by atoms with van der Waals surface area (Å²) in [5.41, 5.74) is 2.47. The maximum atomic E-state index is 11.9. The smallest absolute Gasteiger partial charge is 0.305 e. The van der Waals surface area contributed by atoms with Crippen LogP contribution in [0.25, 0.3) is 0 Å². The first-order valence-corrected chi connectivity index (χ1v) is 12.0. The quantitative estimate of drug-likeness (QED) is 0.571. The average Bonchev–Trinajstić information content (AvgIpc) is 2.88. The number of likely N-dealkylation sites (tertiary alicyclic amines) is 1. The summed E-state index contributed by atoms with van der Waals surface area (Å²) in [6, 6.07) is 13.0. The van der Waals surface area contributed by atoms with E-state index in [1.54, 1.807) is 7.11 Å². The number of piperidine rings is 1. The van der Waals surface area contributed by atoms with Gasteiger partial charge in [0.2, 0.25) is 0 Å². The molecule has 7 heteroatoms. The molecule has 2 saturated heterocycles. The Morgan fingerprint density at radius 2 is 1.79 bits per heavy atom. The minimum atomic E-state index is -0.110. The second-order valence-electron chi connectivity index (χ2n) is 9.02. The van der Waals surface area contributed by atoms with Crippen molar-refractivity contribution in [2.45, 2.75) is 31.8 Å². The average molecular weight is 453 g/mol. The fourth-order valence-electron chi connectivity index (χ4n) is 5.34. The number of nitrogens with zero attached hydrogens (tertiary/aromatic N) is 4. The van der Waals surface area contributed by atoms with Gasteiger partial charge in [0.15, 0.2) is 0 Å². The molecule has 0 amide bonds. The van der Waals surface area contributed by atoms with Crippen LogP contribution in [0.1, 0.15) is 24.8 Å². The number of para-hydroxylation sites is 2. The molecule has 4 rings (SSSR count). The van der Waals surface area contributed by atoms with Gasteiger partial charge in [-0.1, -0.05) is 12.1 Å². The zero-order valence-corrected chi connectivity index (χ0v) is 19.9. The number of hydrogen-bond acceptors (Lipinski definition) is 7. The molecule has 1 aromatic heterocycles. The van der Waals surface area contributed by atoms with Gasteiger partial charge in [0.05, 0.1) is 19.9 Å². The minimum absolute atomic E-state index is 0.110. The molecule has 33 heavy (non-hydrogen) atoms. The molecule has 2 aliphatic heterocycles. The van der Waals surface area contributed by atoms with E-state index < -0.39 is 0 Å². The van der Waals surface area contributed by atoms with Gasteiger partial charge >= 0.3 is 5.97 Å². The third-order valence-electron chi connectivity index (χ3n) is 7.09. The third-order valence-corrected chi connectivity index (χ3v) is 7.09. The van der Waals surface area contributed by atoms with Gasteiger partial charge in [0.25, 0.3) is 0 Å². The number of pyridine rings is 1. The highest BCUT2D eigenvalue weighted by molar-refractivity contribution is 5.69. The number of carbonyl (C=O) groups is 1. The van der Waals surface area contributed by atoms with Crippen molar-refractivity contribution in [2.24, 2.45) is 5.92 Å². The standard InChI is InChI=1S/C26H36N4O3/c1-32-25-6-4-3-5-24(25)30-17-15-29(16-18-30)23-11-14-28(19-21-9-12-27-13-10-21)20-22(23)7-8-26(31)33-2/h3-6,9-10,12-13,22-23H,7-8,11,14-20H2,1-2H3/t22-,23+/m0/s1. The van der Waals surface area contributed by atoms with Crippen molar-refractivity contribution in [3.63, 3.8) is 0 Å². The topological polar surface area (TPSA) is 58.1 Å². The largest absolute Gasteiger partial charge is 0.495 e. The van der Waals surface area contributed by atoms with Gasteiger partial charge in [-0.15, -0.1) is 0 Å². The monoisotopic (exact) mass is 452 g/mol. The van der Waals surface area contributed by atoms with Crippen LogP contribution in [0.15, 0.2) is 48.8 Å². The summed E-state index contributed by atoms with van der Waals surface area (Å²) < 4.78 is 10.5. The molecule has 0 saturated carbocycles. The molecular formula is C26H36N4O3. The molecule has 178 valence electrons. The Hall–Kier alpha value is -2.64. The summed E-state index contributed by atoms with van der Waals surface area (Å²) in [6.07, 6.45) is 6.21. The predicted molar refractivity (Wildman–Crippen MR) is 129 cm³/mol. The Morgan fingerprint density at radius 3 is 2.52 bits per heavy atom. The Bertz CT molecular complexity index is 886. The van der Waals surface area contributed by atoms with Gasteiger partial charge < -0.3 is 14.4 Å². The third kappa shape index (κ3) is 6.03. The first kappa shape index (κ1) is 23.5. The number of esters is 1. The Balaban J connectivity index is 1.39. The van der Waals surface area contributed by atoms with Crippen molar-refractivity contribution in [2.75, 3.05) is 58.4 Å². The molecular weight excluding hydrogens is 416 g/mol. The molecule has 7 nitrogen and oxygen atoms in total. The summed E-state index contributed by atoms with van der Waals surface area (Å²) in [7, 11) is 3.22. The zero-order valence-electron chi connectivity index (χ0n) is 19.9.